The van der Waals surface area contributed by atoms with E-state index >= 15 is 0 Å². The molecule has 0 aliphatic heterocycles. The Kier molecular flexibility index (Phi) is 4.52. The van der Waals surface area contributed by atoms with Crippen molar-refractivity contribution in [2.24, 2.45) is 23.2 Å². The van der Waals surface area contributed by atoms with Gasteiger partial charge in [-0.25, -0.2) is 0 Å². The lowest BCUT2D eigenvalue weighted by molar-refractivity contribution is -0.117. The molecule has 5 rings (SSSR count). The third kappa shape index (κ3) is 3.25. The first-order chi connectivity index (χ1) is 12.6. The van der Waals surface area contributed by atoms with Gasteiger partial charge in [0.25, 0.3) is 5.91 Å². The Morgan fingerprint density at radius 2 is 2.00 bits per heavy atom. The number of nitriles is 1. The quantitative estimate of drug-likeness (QED) is 0.606. The van der Waals surface area contributed by atoms with Gasteiger partial charge in [0, 0.05) is 12.2 Å². The zero-order chi connectivity index (χ0) is 18.1. The molecule has 26 heavy (non-hydrogen) atoms. The van der Waals surface area contributed by atoms with Crippen LogP contribution >= 0.6 is 0 Å². The van der Waals surface area contributed by atoms with Crippen molar-refractivity contribution in [1.29, 1.82) is 5.26 Å². The molecule has 0 aromatic carbocycles. The fourth-order valence-electron chi connectivity index (χ4n) is 5.92. The predicted molar refractivity (Wildman–Crippen MR) is 97.5 cm³/mol. The number of nitrogens with zero attached hydrogens (tertiary/aromatic N) is 1. The van der Waals surface area contributed by atoms with Crippen molar-refractivity contribution < 1.29 is 9.21 Å². The van der Waals surface area contributed by atoms with E-state index < -0.39 is 0 Å². The first-order valence-electron chi connectivity index (χ1n) is 9.75. The second-order valence-corrected chi connectivity index (χ2v) is 8.60. The molecule has 1 atom stereocenters. The molecule has 5 heteroatoms. The van der Waals surface area contributed by atoms with Crippen LogP contribution in [0.1, 0.15) is 51.2 Å². The highest BCUT2D eigenvalue weighted by molar-refractivity contribution is 5.97. The van der Waals surface area contributed by atoms with E-state index in [0.717, 1.165) is 17.8 Å². The monoisotopic (exact) mass is 353 g/mol. The highest BCUT2D eigenvalue weighted by Crippen LogP contribution is 2.61. The van der Waals surface area contributed by atoms with Crippen LogP contribution in [0.3, 0.4) is 0 Å². The van der Waals surface area contributed by atoms with Gasteiger partial charge in [0.2, 0.25) is 0 Å². The molecule has 2 N–H and O–H groups in total. The second kappa shape index (κ2) is 6.83. The smallest absolute Gasteiger partial charge is 0.263 e. The Balaban J connectivity index is 1.38. The predicted octanol–water partition coefficient (Wildman–Crippen LogP) is 3.50. The number of hydrogen-bond donors (Lipinski definition) is 2. The summed E-state index contributed by atoms with van der Waals surface area (Å²) in [6.45, 7) is 2.51. The van der Waals surface area contributed by atoms with Crippen LogP contribution in [0.4, 0.5) is 0 Å². The van der Waals surface area contributed by atoms with Crippen molar-refractivity contribution in [3.05, 3.63) is 35.9 Å². The van der Waals surface area contributed by atoms with Crippen LogP contribution in [0.15, 0.2) is 34.6 Å². The lowest BCUT2D eigenvalue weighted by Gasteiger charge is -2.59. The van der Waals surface area contributed by atoms with Gasteiger partial charge in [-0.1, -0.05) is 0 Å². The van der Waals surface area contributed by atoms with E-state index in [1.54, 1.807) is 24.6 Å². The minimum atomic E-state index is -0.367. The molecule has 4 saturated carbocycles. The van der Waals surface area contributed by atoms with E-state index in [2.05, 4.69) is 17.6 Å². The number of rotatable bonds is 6. The molecule has 5 nitrogen and oxygen atoms in total. The summed E-state index contributed by atoms with van der Waals surface area (Å²) in [7, 11) is 0. The largest absolute Gasteiger partial charge is 0.467 e. The molecule has 0 saturated heterocycles. The first kappa shape index (κ1) is 17.2. The summed E-state index contributed by atoms with van der Waals surface area (Å²) in [6.07, 6.45) is 11.3. The fourth-order valence-corrected chi connectivity index (χ4v) is 5.92. The van der Waals surface area contributed by atoms with Gasteiger partial charge in [0.1, 0.15) is 17.4 Å². The van der Waals surface area contributed by atoms with E-state index in [1.807, 2.05) is 6.07 Å². The van der Waals surface area contributed by atoms with Gasteiger partial charge in [-0.3, -0.25) is 4.79 Å². The highest BCUT2D eigenvalue weighted by atomic mass is 16.3. The molecular formula is C21H27N3O2. The second-order valence-electron chi connectivity index (χ2n) is 8.60. The van der Waals surface area contributed by atoms with Crippen LogP contribution in [-0.2, 0) is 11.3 Å². The summed E-state index contributed by atoms with van der Waals surface area (Å²) >= 11 is 0. The third-order valence-corrected chi connectivity index (χ3v) is 6.85. The maximum absolute atomic E-state index is 12.2. The molecule has 0 radical (unpaired) electrons. The molecule has 4 aliphatic carbocycles. The normalized spacial score (nSPS) is 33.5. The summed E-state index contributed by atoms with van der Waals surface area (Å²) in [5.74, 6) is 2.98. The molecule has 138 valence electrons. The zero-order valence-electron chi connectivity index (χ0n) is 15.3. The van der Waals surface area contributed by atoms with Crippen molar-refractivity contribution in [2.45, 2.75) is 58.0 Å². The van der Waals surface area contributed by atoms with E-state index in [-0.39, 0.29) is 24.1 Å². The van der Waals surface area contributed by atoms with Gasteiger partial charge in [0.15, 0.2) is 0 Å². The van der Waals surface area contributed by atoms with E-state index in [0.29, 0.717) is 11.2 Å². The summed E-state index contributed by atoms with van der Waals surface area (Å²) < 4.78 is 5.20. The zero-order valence-corrected chi connectivity index (χ0v) is 15.3. The van der Waals surface area contributed by atoms with Crippen LogP contribution in [0.5, 0.6) is 0 Å². The van der Waals surface area contributed by atoms with Gasteiger partial charge >= 0.3 is 0 Å². The van der Waals surface area contributed by atoms with Crippen molar-refractivity contribution in [3.63, 3.8) is 0 Å². The minimum Gasteiger partial charge on any atom is -0.467 e. The summed E-state index contributed by atoms with van der Waals surface area (Å²) in [5.41, 5.74) is 0.462. The Morgan fingerprint density at radius 1 is 1.35 bits per heavy atom. The Labute approximate surface area is 154 Å². The maximum atomic E-state index is 12.2. The lowest BCUT2D eigenvalue weighted by atomic mass is 9.48. The molecular weight excluding hydrogens is 326 g/mol. The van der Waals surface area contributed by atoms with Crippen LogP contribution in [0.2, 0.25) is 0 Å². The van der Waals surface area contributed by atoms with Crippen LogP contribution in [0.25, 0.3) is 0 Å². The average Bonchev–Trinajstić information content (AvgIpc) is 3.12. The minimum absolute atomic E-state index is 0.119. The molecule has 1 heterocycles. The number of carbonyl (C=O) groups excluding carboxylic acids is 1. The van der Waals surface area contributed by atoms with Crippen molar-refractivity contribution in [2.75, 3.05) is 0 Å². The molecule has 1 amide bonds. The number of amides is 1. The fraction of sp³-hybridized carbons (Fsp3) is 0.619. The lowest BCUT2D eigenvalue weighted by Crippen LogP contribution is -2.54. The molecule has 1 aromatic heterocycles. The van der Waals surface area contributed by atoms with Gasteiger partial charge in [-0.15, -0.1) is 0 Å². The standard InChI is InChI=1S/C21H27N3O2/c1-14(21-8-15-5-16(9-21)7-17(6-15)10-21)23-12-18(11-22)20(25)24-13-19-3-2-4-26-19/h2-4,12,14-17,23H,5-10,13H2,1H3,(H,24,25)/b18-12-. The number of hydrogen-bond acceptors (Lipinski definition) is 4. The van der Waals surface area contributed by atoms with Gasteiger partial charge in [0.05, 0.1) is 12.8 Å². The number of nitrogens with one attached hydrogen (secondary N) is 2. The molecule has 4 aliphatic rings. The summed E-state index contributed by atoms with van der Waals surface area (Å²) in [6, 6.07) is 5.88. The molecule has 4 bridgehead atoms. The third-order valence-electron chi connectivity index (χ3n) is 6.85. The van der Waals surface area contributed by atoms with Crippen molar-refractivity contribution >= 4 is 5.91 Å². The molecule has 4 fully saturated rings. The average molecular weight is 353 g/mol. The molecule has 1 unspecified atom stereocenters. The Bertz CT molecular complexity index is 694. The Morgan fingerprint density at radius 3 is 2.54 bits per heavy atom. The van der Waals surface area contributed by atoms with Crippen LogP contribution in [-0.4, -0.2) is 11.9 Å². The molecule has 1 aromatic rings. The van der Waals surface area contributed by atoms with Gasteiger partial charge in [-0.2, -0.15) is 5.26 Å². The topological polar surface area (TPSA) is 78.1 Å². The Hall–Kier alpha value is -2.22. The van der Waals surface area contributed by atoms with Gasteiger partial charge in [-0.05, 0) is 80.8 Å². The van der Waals surface area contributed by atoms with Crippen LogP contribution < -0.4 is 10.6 Å². The number of furan rings is 1. The SMILES string of the molecule is CC(N/C=C(/C#N)C(=O)NCc1ccco1)C12CC3CC(CC(C3)C1)C2. The van der Waals surface area contributed by atoms with Crippen molar-refractivity contribution in [3.8, 4) is 6.07 Å². The highest BCUT2D eigenvalue weighted by Gasteiger charge is 2.52. The number of carbonyl (C=O) groups is 1. The van der Waals surface area contributed by atoms with E-state index in [1.165, 1.54) is 38.5 Å². The summed E-state index contributed by atoms with van der Waals surface area (Å²) in [4.78, 5) is 12.2. The van der Waals surface area contributed by atoms with Crippen molar-refractivity contribution in [1.82, 2.24) is 10.6 Å². The maximum Gasteiger partial charge on any atom is 0.263 e. The molecule has 0 spiro atoms. The van der Waals surface area contributed by atoms with E-state index in [9.17, 15) is 10.1 Å². The van der Waals surface area contributed by atoms with Crippen LogP contribution in [0, 0.1) is 34.5 Å². The van der Waals surface area contributed by atoms with E-state index in [4.69, 9.17) is 4.42 Å². The summed E-state index contributed by atoms with van der Waals surface area (Å²) in [5, 5.41) is 15.5. The van der Waals surface area contributed by atoms with Gasteiger partial charge < -0.3 is 15.1 Å². The first-order valence-corrected chi connectivity index (χ1v) is 9.75.